The standard InChI is InChI=1S/C29H31N3O3/c1-2-26-28(33)32(25-14-8-12-21-11-6-7-13-24(21)25)19-22-17-23(15-16-27(22)35-26)31-29(34)30-18-20-9-4-3-5-10-20/h3-7,9-11,13,15-17,25-26H,2,8,12,14,18-19H2,1H3,(H2,30,31,34). The van der Waals surface area contributed by atoms with Gasteiger partial charge in [-0.15, -0.1) is 0 Å². The Morgan fingerprint density at radius 3 is 2.66 bits per heavy atom. The normalized spacial score (nSPS) is 19.1. The van der Waals surface area contributed by atoms with E-state index in [-0.39, 0.29) is 18.0 Å². The summed E-state index contributed by atoms with van der Waals surface area (Å²) in [6, 6.07) is 23.6. The van der Waals surface area contributed by atoms with E-state index in [0.717, 1.165) is 30.4 Å². The number of hydrogen-bond donors (Lipinski definition) is 2. The van der Waals surface area contributed by atoms with Gasteiger partial charge in [-0.1, -0.05) is 61.5 Å². The topological polar surface area (TPSA) is 70.7 Å². The van der Waals surface area contributed by atoms with Crippen LogP contribution in [0, 0.1) is 0 Å². The van der Waals surface area contributed by atoms with Gasteiger partial charge in [-0.05, 0) is 60.6 Å². The molecule has 6 heteroatoms. The van der Waals surface area contributed by atoms with Crippen LogP contribution >= 0.6 is 0 Å². The average Bonchev–Trinajstić information content (AvgIpc) is 3.03. The van der Waals surface area contributed by atoms with Crippen molar-refractivity contribution in [1.29, 1.82) is 0 Å². The summed E-state index contributed by atoms with van der Waals surface area (Å²) in [6.45, 7) is 2.88. The van der Waals surface area contributed by atoms with Gasteiger partial charge in [0.15, 0.2) is 6.10 Å². The molecule has 2 aliphatic rings. The van der Waals surface area contributed by atoms with Crippen molar-refractivity contribution in [3.63, 3.8) is 0 Å². The molecule has 2 unspecified atom stereocenters. The van der Waals surface area contributed by atoms with Crippen molar-refractivity contribution in [3.8, 4) is 5.75 Å². The lowest BCUT2D eigenvalue weighted by molar-refractivity contribution is -0.141. The summed E-state index contributed by atoms with van der Waals surface area (Å²) in [4.78, 5) is 28.0. The fourth-order valence-electron chi connectivity index (χ4n) is 5.07. The zero-order valence-electron chi connectivity index (χ0n) is 20.0. The summed E-state index contributed by atoms with van der Waals surface area (Å²) in [6.07, 6.45) is 3.13. The molecule has 0 radical (unpaired) electrons. The van der Waals surface area contributed by atoms with Gasteiger partial charge in [0, 0.05) is 17.8 Å². The number of amides is 3. The molecule has 3 aromatic carbocycles. The number of benzene rings is 3. The zero-order chi connectivity index (χ0) is 24.2. The number of anilines is 1. The second-order valence-corrected chi connectivity index (χ2v) is 9.20. The van der Waals surface area contributed by atoms with Gasteiger partial charge >= 0.3 is 6.03 Å². The van der Waals surface area contributed by atoms with Gasteiger partial charge in [0.1, 0.15) is 5.75 Å². The minimum absolute atomic E-state index is 0.0283. The van der Waals surface area contributed by atoms with Crippen molar-refractivity contribution in [2.45, 2.75) is 57.8 Å². The third-order valence-corrected chi connectivity index (χ3v) is 6.87. The quantitative estimate of drug-likeness (QED) is 0.512. The van der Waals surface area contributed by atoms with Crippen molar-refractivity contribution in [2.75, 3.05) is 5.32 Å². The Kier molecular flexibility index (Phi) is 6.70. The SMILES string of the molecule is CCC1Oc2ccc(NC(=O)NCc3ccccc3)cc2CN(C2CCCc3ccccc32)C1=O. The van der Waals surface area contributed by atoms with Crippen LogP contribution in [0.4, 0.5) is 10.5 Å². The maximum Gasteiger partial charge on any atom is 0.319 e. The van der Waals surface area contributed by atoms with Crippen LogP contribution in [0.25, 0.3) is 0 Å². The molecule has 0 bridgehead atoms. The smallest absolute Gasteiger partial charge is 0.319 e. The summed E-state index contributed by atoms with van der Waals surface area (Å²) in [5.41, 5.74) is 5.16. The first kappa shape index (κ1) is 23.0. The van der Waals surface area contributed by atoms with E-state index in [9.17, 15) is 9.59 Å². The van der Waals surface area contributed by atoms with Crippen molar-refractivity contribution in [3.05, 3.63) is 95.1 Å². The fraction of sp³-hybridized carbons (Fsp3) is 0.310. The highest BCUT2D eigenvalue weighted by Crippen LogP contribution is 2.39. The molecule has 5 rings (SSSR count). The highest BCUT2D eigenvalue weighted by molar-refractivity contribution is 5.89. The van der Waals surface area contributed by atoms with Gasteiger partial charge in [-0.25, -0.2) is 4.79 Å². The molecule has 0 saturated carbocycles. The monoisotopic (exact) mass is 469 g/mol. The molecular formula is C29H31N3O3. The van der Waals surface area contributed by atoms with E-state index < -0.39 is 6.10 Å². The third-order valence-electron chi connectivity index (χ3n) is 6.87. The van der Waals surface area contributed by atoms with Crippen LogP contribution in [0.3, 0.4) is 0 Å². The summed E-state index contributed by atoms with van der Waals surface area (Å²) in [5.74, 6) is 0.729. The largest absolute Gasteiger partial charge is 0.480 e. The van der Waals surface area contributed by atoms with E-state index >= 15 is 0 Å². The number of carbonyl (C=O) groups is 2. The van der Waals surface area contributed by atoms with Crippen molar-refractivity contribution < 1.29 is 14.3 Å². The van der Waals surface area contributed by atoms with Crippen molar-refractivity contribution >= 4 is 17.6 Å². The number of ether oxygens (including phenoxy) is 1. The predicted molar refractivity (Wildman–Crippen MR) is 136 cm³/mol. The van der Waals surface area contributed by atoms with E-state index in [2.05, 4.69) is 34.9 Å². The third kappa shape index (κ3) is 5.02. The molecule has 1 heterocycles. The molecule has 3 amide bonds. The number of aryl methyl sites for hydroxylation is 1. The van der Waals surface area contributed by atoms with Crippen LogP contribution in [0.1, 0.15) is 54.5 Å². The molecule has 0 aromatic heterocycles. The van der Waals surface area contributed by atoms with E-state index in [4.69, 9.17) is 4.74 Å². The van der Waals surface area contributed by atoms with E-state index in [1.165, 1.54) is 11.1 Å². The molecular weight excluding hydrogens is 438 g/mol. The number of urea groups is 1. The molecule has 0 saturated heterocycles. The van der Waals surface area contributed by atoms with Gasteiger partial charge < -0.3 is 20.3 Å². The van der Waals surface area contributed by atoms with Gasteiger partial charge in [0.2, 0.25) is 0 Å². The Balaban J connectivity index is 1.37. The Morgan fingerprint density at radius 2 is 1.83 bits per heavy atom. The minimum atomic E-state index is -0.515. The number of nitrogens with one attached hydrogen (secondary N) is 2. The van der Waals surface area contributed by atoms with E-state index in [1.807, 2.05) is 60.4 Å². The van der Waals surface area contributed by atoms with Gasteiger partial charge in [0.05, 0.1) is 12.6 Å². The van der Waals surface area contributed by atoms with Crippen LogP contribution in [-0.4, -0.2) is 22.9 Å². The number of carbonyl (C=O) groups excluding carboxylic acids is 2. The lowest BCUT2D eigenvalue weighted by Gasteiger charge is -2.36. The Hall–Kier alpha value is -3.80. The van der Waals surface area contributed by atoms with Crippen LogP contribution in [0.2, 0.25) is 0 Å². The van der Waals surface area contributed by atoms with Crippen LogP contribution in [-0.2, 0) is 24.3 Å². The Labute approximate surface area is 206 Å². The molecule has 0 spiro atoms. The molecule has 1 aliphatic carbocycles. The molecule has 180 valence electrons. The van der Waals surface area contributed by atoms with Crippen molar-refractivity contribution in [1.82, 2.24) is 10.2 Å². The lowest BCUT2D eigenvalue weighted by Crippen LogP contribution is -2.42. The zero-order valence-corrected chi connectivity index (χ0v) is 20.0. The van der Waals surface area contributed by atoms with E-state index in [0.29, 0.717) is 30.9 Å². The molecule has 0 fully saturated rings. The molecule has 2 N–H and O–H groups in total. The van der Waals surface area contributed by atoms with E-state index in [1.54, 1.807) is 0 Å². The first-order valence-electron chi connectivity index (χ1n) is 12.4. The maximum absolute atomic E-state index is 13.6. The maximum atomic E-state index is 13.6. The molecule has 35 heavy (non-hydrogen) atoms. The van der Waals surface area contributed by atoms with Crippen LogP contribution in [0.5, 0.6) is 5.75 Å². The van der Waals surface area contributed by atoms with Crippen LogP contribution < -0.4 is 15.4 Å². The predicted octanol–water partition coefficient (Wildman–Crippen LogP) is 5.59. The van der Waals surface area contributed by atoms with Crippen molar-refractivity contribution in [2.24, 2.45) is 0 Å². The van der Waals surface area contributed by atoms with Gasteiger partial charge in [0.25, 0.3) is 5.91 Å². The Morgan fingerprint density at radius 1 is 1.03 bits per heavy atom. The van der Waals surface area contributed by atoms with Crippen LogP contribution in [0.15, 0.2) is 72.8 Å². The fourth-order valence-corrected chi connectivity index (χ4v) is 5.07. The number of nitrogens with zero attached hydrogens (tertiary/aromatic N) is 1. The molecule has 2 atom stereocenters. The summed E-state index contributed by atoms with van der Waals surface area (Å²) in [5, 5.41) is 5.81. The minimum Gasteiger partial charge on any atom is -0.480 e. The molecule has 6 nitrogen and oxygen atoms in total. The summed E-state index contributed by atoms with van der Waals surface area (Å²) in [7, 11) is 0. The number of fused-ring (bicyclic) bond motifs is 2. The second kappa shape index (κ2) is 10.2. The van der Waals surface area contributed by atoms with Gasteiger partial charge in [-0.2, -0.15) is 0 Å². The second-order valence-electron chi connectivity index (χ2n) is 9.20. The summed E-state index contributed by atoms with van der Waals surface area (Å²) >= 11 is 0. The summed E-state index contributed by atoms with van der Waals surface area (Å²) < 4.78 is 6.17. The highest BCUT2D eigenvalue weighted by atomic mass is 16.5. The molecule has 3 aromatic rings. The number of rotatable bonds is 5. The molecule has 1 aliphatic heterocycles. The highest BCUT2D eigenvalue weighted by Gasteiger charge is 2.36. The van der Waals surface area contributed by atoms with Gasteiger partial charge in [-0.3, -0.25) is 4.79 Å². The average molecular weight is 470 g/mol. The number of hydrogen-bond acceptors (Lipinski definition) is 3. The first-order valence-corrected chi connectivity index (χ1v) is 12.4. The Bertz CT molecular complexity index is 1210. The lowest BCUT2D eigenvalue weighted by atomic mass is 9.86. The first-order chi connectivity index (χ1) is 17.1.